The summed E-state index contributed by atoms with van der Waals surface area (Å²) in [7, 11) is 0. The second-order valence-electron chi connectivity index (χ2n) is 4.99. The smallest absolute Gasteiger partial charge is 0.127 e. The second-order valence-corrected chi connectivity index (χ2v) is 4.99. The number of benzene rings is 1. The van der Waals surface area contributed by atoms with Crippen LogP contribution in [0.5, 0.6) is 11.5 Å². The Bertz CT molecular complexity index is 419. The molecule has 1 N–H and O–H groups in total. The van der Waals surface area contributed by atoms with E-state index in [1.165, 1.54) is 31.4 Å². The molecule has 2 heterocycles. The van der Waals surface area contributed by atoms with Crippen LogP contribution in [0.3, 0.4) is 0 Å². The monoisotopic (exact) mass is 233 g/mol. The largest absolute Gasteiger partial charge is 0.508 e. The van der Waals surface area contributed by atoms with E-state index in [1.54, 1.807) is 12.1 Å². The van der Waals surface area contributed by atoms with Gasteiger partial charge in [-0.3, -0.25) is 4.90 Å². The molecule has 1 aromatic carbocycles. The van der Waals surface area contributed by atoms with Gasteiger partial charge in [0.05, 0.1) is 6.04 Å². The predicted octanol–water partition coefficient (Wildman–Crippen LogP) is 2.70. The lowest BCUT2D eigenvalue weighted by Gasteiger charge is -2.29. The molecule has 0 aliphatic carbocycles. The maximum Gasteiger partial charge on any atom is 0.127 e. The summed E-state index contributed by atoms with van der Waals surface area (Å²) in [5.41, 5.74) is 1.24. The van der Waals surface area contributed by atoms with Gasteiger partial charge in [0.2, 0.25) is 0 Å². The second kappa shape index (κ2) is 4.22. The molecule has 0 aromatic heterocycles. The molecule has 0 bridgehead atoms. The topological polar surface area (TPSA) is 32.7 Å². The van der Waals surface area contributed by atoms with Gasteiger partial charge in [0.1, 0.15) is 18.1 Å². The molecule has 0 spiro atoms. The summed E-state index contributed by atoms with van der Waals surface area (Å²) < 4.78 is 5.70. The lowest BCUT2D eigenvalue weighted by atomic mass is 10.0. The number of rotatable bonds is 2. The molecule has 2 unspecified atom stereocenters. The number of phenolic OH excluding ortho intramolecular Hbond substituents is 1. The van der Waals surface area contributed by atoms with Crippen molar-refractivity contribution in [3.63, 3.8) is 0 Å². The van der Waals surface area contributed by atoms with Crippen LogP contribution in [0.4, 0.5) is 0 Å². The lowest BCUT2D eigenvalue weighted by molar-refractivity contribution is 0.147. The summed E-state index contributed by atoms with van der Waals surface area (Å²) in [6.07, 6.45) is 3.81. The van der Waals surface area contributed by atoms with Crippen LogP contribution in [-0.2, 0) is 0 Å². The molecule has 1 fully saturated rings. The Morgan fingerprint density at radius 2 is 2.35 bits per heavy atom. The van der Waals surface area contributed by atoms with E-state index in [2.05, 4.69) is 11.8 Å². The van der Waals surface area contributed by atoms with E-state index in [0.29, 0.717) is 12.1 Å². The molecule has 2 aliphatic heterocycles. The number of likely N-dealkylation sites (tertiary alicyclic amines) is 1. The summed E-state index contributed by atoms with van der Waals surface area (Å²) in [6.45, 7) is 4.17. The molecule has 3 rings (SSSR count). The summed E-state index contributed by atoms with van der Waals surface area (Å²) in [5.74, 6) is 1.15. The standard InChI is InChI=1S/C14H19NO2/c1-2-10-4-3-7-15(10)13-9-17-14-8-11(16)5-6-12(13)14/h5-6,8,10,13,16H,2-4,7,9H2,1H3. The lowest BCUT2D eigenvalue weighted by Crippen LogP contribution is -2.33. The molecule has 0 amide bonds. The molecule has 2 aliphatic rings. The Morgan fingerprint density at radius 1 is 1.47 bits per heavy atom. The van der Waals surface area contributed by atoms with E-state index >= 15 is 0 Å². The number of aromatic hydroxyl groups is 1. The third kappa shape index (κ3) is 1.78. The number of hydrogen-bond acceptors (Lipinski definition) is 3. The van der Waals surface area contributed by atoms with Crippen molar-refractivity contribution in [1.29, 1.82) is 0 Å². The van der Waals surface area contributed by atoms with E-state index in [0.717, 1.165) is 12.4 Å². The van der Waals surface area contributed by atoms with Crippen molar-refractivity contribution in [2.45, 2.75) is 38.3 Å². The van der Waals surface area contributed by atoms with Crippen molar-refractivity contribution >= 4 is 0 Å². The maximum atomic E-state index is 9.45. The third-order valence-electron chi connectivity index (χ3n) is 4.05. The fourth-order valence-corrected chi connectivity index (χ4v) is 3.16. The SMILES string of the molecule is CCC1CCCN1C1COc2cc(O)ccc21. The number of fused-ring (bicyclic) bond motifs is 1. The molecular formula is C14H19NO2. The molecular weight excluding hydrogens is 214 g/mol. The van der Waals surface area contributed by atoms with Crippen LogP contribution in [0.25, 0.3) is 0 Å². The van der Waals surface area contributed by atoms with Crippen LogP contribution in [0.15, 0.2) is 18.2 Å². The Balaban J connectivity index is 1.88. The molecule has 1 saturated heterocycles. The Morgan fingerprint density at radius 3 is 3.18 bits per heavy atom. The summed E-state index contributed by atoms with van der Waals surface area (Å²) >= 11 is 0. The normalized spacial score (nSPS) is 28.1. The van der Waals surface area contributed by atoms with Gasteiger partial charge in [-0.25, -0.2) is 0 Å². The average Bonchev–Trinajstić information content (AvgIpc) is 2.92. The zero-order valence-electron chi connectivity index (χ0n) is 10.2. The predicted molar refractivity (Wildman–Crippen MR) is 66.4 cm³/mol. The Labute approximate surface area is 102 Å². The third-order valence-corrected chi connectivity index (χ3v) is 4.05. The van der Waals surface area contributed by atoms with Gasteiger partial charge in [0.25, 0.3) is 0 Å². The number of ether oxygens (including phenoxy) is 1. The van der Waals surface area contributed by atoms with Gasteiger partial charge in [-0.05, 0) is 37.9 Å². The van der Waals surface area contributed by atoms with Crippen LogP contribution >= 0.6 is 0 Å². The van der Waals surface area contributed by atoms with Crippen LogP contribution in [-0.4, -0.2) is 29.2 Å². The van der Waals surface area contributed by atoms with E-state index in [9.17, 15) is 5.11 Å². The van der Waals surface area contributed by atoms with Crippen LogP contribution in [0, 0.1) is 0 Å². The van der Waals surface area contributed by atoms with Gasteiger partial charge in [-0.1, -0.05) is 6.92 Å². The zero-order valence-corrected chi connectivity index (χ0v) is 10.2. The Kier molecular flexibility index (Phi) is 2.71. The van der Waals surface area contributed by atoms with Crippen LogP contribution in [0.1, 0.15) is 37.8 Å². The van der Waals surface area contributed by atoms with E-state index < -0.39 is 0 Å². The van der Waals surface area contributed by atoms with E-state index in [1.807, 2.05) is 6.07 Å². The zero-order chi connectivity index (χ0) is 11.8. The van der Waals surface area contributed by atoms with Crippen LogP contribution < -0.4 is 4.74 Å². The van der Waals surface area contributed by atoms with E-state index in [4.69, 9.17) is 4.74 Å². The van der Waals surface area contributed by atoms with Gasteiger partial charge in [0, 0.05) is 17.7 Å². The molecule has 1 aromatic rings. The summed E-state index contributed by atoms with van der Waals surface area (Å²) in [6, 6.07) is 6.58. The summed E-state index contributed by atoms with van der Waals surface area (Å²) in [4.78, 5) is 2.57. The number of nitrogens with zero attached hydrogens (tertiary/aromatic N) is 1. The minimum atomic E-state index is 0.290. The van der Waals surface area contributed by atoms with Crippen molar-refractivity contribution in [1.82, 2.24) is 4.90 Å². The maximum absolute atomic E-state index is 9.45. The first kappa shape index (κ1) is 10.9. The first-order valence-corrected chi connectivity index (χ1v) is 6.51. The van der Waals surface area contributed by atoms with Crippen molar-refractivity contribution in [2.24, 2.45) is 0 Å². The molecule has 17 heavy (non-hydrogen) atoms. The van der Waals surface area contributed by atoms with Gasteiger partial charge in [-0.2, -0.15) is 0 Å². The molecule has 0 radical (unpaired) electrons. The highest BCUT2D eigenvalue weighted by Gasteiger charge is 2.35. The van der Waals surface area contributed by atoms with Gasteiger partial charge in [-0.15, -0.1) is 0 Å². The fraction of sp³-hybridized carbons (Fsp3) is 0.571. The highest BCUT2D eigenvalue weighted by Crippen LogP contribution is 2.41. The molecule has 3 heteroatoms. The van der Waals surface area contributed by atoms with Crippen molar-refractivity contribution in [3.05, 3.63) is 23.8 Å². The summed E-state index contributed by atoms with van der Waals surface area (Å²) in [5, 5.41) is 9.45. The minimum Gasteiger partial charge on any atom is -0.508 e. The highest BCUT2D eigenvalue weighted by molar-refractivity contribution is 5.44. The van der Waals surface area contributed by atoms with Gasteiger partial charge >= 0.3 is 0 Å². The van der Waals surface area contributed by atoms with Gasteiger partial charge < -0.3 is 9.84 Å². The number of phenols is 1. The Hall–Kier alpha value is -1.22. The van der Waals surface area contributed by atoms with E-state index in [-0.39, 0.29) is 5.75 Å². The molecule has 3 nitrogen and oxygen atoms in total. The fourth-order valence-electron chi connectivity index (χ4n) is 3.16. The highest BCUT2D eigenvalue weighted by atomic mass is 16.5. The molecule has 0 saturated carbocycles. The number of hydrogen-bond donors (Lipinski definition) is 1. The average molecular weight is 233 g/mol. The molecule has 92 valence electrons. The minimum absolute atomic E-state index is 0.290. The molecule has 2 atom stereocenters. The van der Waals surface area contributed by atoms with Crippen molar-refractivity contribution in [3.8, 4) is 11.5 Å². The van der Waals surface area contributed by atoms with Crippen LogP contribution in [0.2, 0.25) is 0 Å². The van der Waals surface area contributed by atoms with Crippen molar-refractivity contribution < 1.29 is 9.84 Å². The quantitative estimate of drug-likeness (QED) is 0.852. The first-order valence-electron chi connectivity index (χ1n) is 6.51. The van der Waals surface area contributed by atoms with Gasteiger partial charge in [0.15, 0.2) is 0 Å². The first-order chi connectivity index (χ1) is 8.29. The van der Waals surface area contributed by atoms with Crippen molar-refractivity contribution in [2.75, 3.05) is 13.2 Å².